The largest absolute Gasteiger partial charge is 0.377 e. The van der Waals surface area contributed by atoms with Gasteiger partial charge in [0, 0.05) is 39.3 Å². The average Bonchev–Trinajstić information content (AvgIpc) is 3.11. The lowest BCUT2D eigenvalue weighted by Crippen LogP contribution is -2.50. The number of hydrogen-bond donors (Lipinski definition) is 0. The molecular formula is C19H28N2O3S. The van der Waals surface area contributed by atoms with Crippen LogP contribution in [0.25, 0.3) is 0 Å². The Balaban J connectivity index is 1.37. The molecule has 4 rings (SSSR count). The molecule has 1 unspecified atom stereocenters. The molecule has 0 amide bonds. The Labute approximate surface area is 151 Å². The van der Waals surface area contributed by atoms with Crippen LogP contribution in [0.15, 0.2) is 23.1 Å². The number of rotatable bonds is 4. The Morgan fingerprint density at radius 3 is 2.56 bits per heavy atom. The van der Waals surface area contributed by atoms with E-state index in [0.717, 1.165) is 51.9 Å². The van der Waals surface area contributed by atoms with Crippen molar-refractivity contribution >= 4 is 10.0 Å². The van der Waals surface area contributed by atoms with E-state index in [1.165, 1.54) is 24.0 Å². The summed E-state index contributed by atoms with van der Waals surface area (Å²) >= 11 is 0. The summed E-state index contributed by atoms with van der Waals surface area (Å²) in [5, 5.41) is 0. The number of ether oxygens (including phenoxy) is 1. The van der Waals surface area contributed by atoms with Crippen LogP contribution in [0.2, 0.25) is 0 Å². The highest BCUT2D eigenvalue weighted by Crippen LogP contribution is 2.27. The number of fused-ring (bicyclic) bond motifs is 1. The maximum atomic E-state index is 13.0. The van der Waals surface area contributed by atoms with Gasteiger partial charge in [0.25, 0.3) is 0 Å². The van der Waals surface area contributed by atoms with Gasteiger partial charge in [0.05, 0.1) is 11.0 Å². The molecule has 2 fully saturated rings. The van der Waals surface area contributed by atoms with Crippen molar-refractivity contribution in [1.82, 2.24) is 9.21 Å². The predicted molar refractivity (Wildman–Crippen MR) is 97.3 cm³/mol. The van der Waals surface area contributed by atoms with Gasteiger partial charge in [-0.1, -0.05) is 6.07 Å². The molecule has 6 heteroatoms. The molecule has 2 saturated heterocycles. The number of aryl methyl sites for hydroxylation is 2. The monoisotopic (exact) mass is 364 g/mol. The van der Waals surface area contributed by atoms with Crippen molar-refractivity contribution in [2.24, 2.45) is 0 Å². The summed E-state index contributed by atoms with van der Waals surface area (Å²) in [7, 11) is -3.36. The third-order valence-electron chi connectivity index (χ3n) is 5.77. The minimum Gasteiger partial charge on any atom is -0.377 e. The van der Waals surface area contributed by atoms with Gasteiger partial charge in [-0.15, -0.1) is 0 Å². The van der Waals surface area contributed by atoms with E-state index < -0.39 is 10.0 Å². The van der Waals surface area contributed by atoms with Crippen LogP contribution < -0.4 is 0 Å². The van der Waals surface area contributed by atoms with Crippen molar-refractivity contribution in [2.75, 3.05) is 39.3 Å². The number of sulfonamides is 1. The van der Waals surface area contributed by atoms with Crippen LogP contribution in [-0.4, -0.2) is 63.1 Å². The summed E-state index contributed by atoms with van der Waals surface area (Å²) in [6.07, 6.45) is 7.11. The highest BCUT2D eigenvalue weighted by atomic mass is 32.2. The summed E-state index contributed by atoms with van der Waals surface area (Å²) in [5.41, 5.74) is 2.53. The van der Waals surface area contributed by atoms with E-state index in [1.54, 1.807) is 10.4 Å². The molecule has 0 spiro atoms. The van der Waals surface area contributed by atoms with E-state index in [1.807, 2.05) is 12.1 Å². The van der Waals surface area contributed by atoms with Gasteiger partial charge >= 0.3 is 0 Å². The van der Waals surface area contributed by atoms with Crippen LogP contribution in [0.4, 0.5) is 0 Å². The Hall–Kier alpha value is -0.950. The molecular weight excluding hydrogens is 336 g/mol. The Kier molecular flexibility index (Phi) is 5.13. The van der Waals surface area contributed by atoms with Gasteiger partial charge in [0.1, 0.15) is 0 Å². The average molecular weight is 365 g/mol. The van der Waals surface area contributed by atoms with Gasteiger partial charge in [-0.25, -0.2) is 8.42 Å². The minimum absolute atomic E-state index is 0.327. The van der Waals surface area contributed by atoms with Crippen LogP contribution in [0.5, 0.6) is 0 Å². The number of benzene rings is 1. The summed E-state index contributed by atoms with van der Waals surface area (Å²) in [5.74, 6) is 0. The third-order valence-corrected chi connectivity index (χ3v) is 7.67. The fourth-order valence-corrected chi connectivity index (χ4v) is 5.72. The topological polar surface area (TPSA) is 49.9 Å². The normalized spacial score (nSPS) is 25.8. The zero-order chi connectivity index (χ0) is 17.3. The van der Waals surface area contributed by atoms with E-state index in [0.29, 0.717) is 24.1 Å². The molecule has 1 aromatic carbocycles. The van der Waals surface area contributed by atoms with Crippen molar-refractivity contribution in [3.8, 4) is 0 Å². The molecule has 1 atom stereocenters. The highest BCUT2D eigenvalue weighted by molar-refractivity contribution is 7.89. The zero-order valence-electron chi connectivity index (χ0n) is 14.8. The second kappa shape index (κ2) is 7.35. The first-order chi connectivity index (χ1) is 12.1. The summed E-state index contributed by atoms with van der Waals surface area (Å²) in [6.45, 7) is 4.55. The SMILES string of the molecule is O=S(=O)(c1ccc2c(c1)CCC2)N1CCN(CC2CCCCO2)CC1. The lowest BCUT2D eigenvalue weighted by atomic mass is 10.1. The molecule has 138 valence electrons. The Morgan fingerprint density at radius 1 is 1.00 bits per heavy atom. The van der Waals surface area contributed by atoms with Crippen LogP contribution in [0.1, 0.15) is 36.8 Å². The maximum Gasteiger partial charge on any atom is 0.243 e. The van der Waals surface area contributed by atoms with Gasteiger partial charge < -0.3 is 4.74 Å². The first-order valence-corrected chi connectivity index (χ1v) is 11.0. The fourth-order valence-electron chi connectivity index (χ4n) is 4.25. The minimum atomic E-state index is -3.36. The van der Waals surface area contributed by atoms with Crippen LogP contribution in [-0.2, 0) is 27.6 Å². The Bertz CT molecular complexity index is 705. The van der Waals surface area contributed by atoms with E-state index in [4.69, 9.17) is 4.74 Å². The number of hydrogen-bond acceptors (Lipinski definition) is 4. The molecule has 5 nitrogen and oxygen atoms in total. The van der Waals surface area contributed by atoms with E-state index in [9.17, 15) is 8.42 Å². The van der Waals surface area contributed by atoms with Gasteiger partial charge in [-0.3, -0.25) is 4.90 Å². The van der Waals surface area contributed by atoms with Crippen molar-refractivity contribution in [3.05, 3.63) is 29.3 Å². The molecule has 1 aromatic rings. The van der Waals surface area contributed by atoms with Crippen LogP contribution in [0.3, 0.4) is 0 Å². The van der Waals surface area contributed by atoms with E-state index in [-0.39, 0.29) is 0 Å². The summed E-state index contributed by atoms with van der Waals surface area (Å²) in [6, 6.07) is 5.70. The second-order valence-corrected chi connectivity index (χ2v) is 9.42. The fraction of sp³-hybridized carbons (Fsp3) is 0.684. The standard InChI is InChI=1S/C19H28N2O3S/c22-25(23,19-8-7-16-4-3-5-17(16)14-19)21-11-9-20(10-12-21)15-18-6-1-2-13-24-18/h7-8,14,18H,1-6,9-13,15H2. The molecule has 2 aliphatic heterocycles. The molecule has 0 radical (unpaired) electrons. The second-order valence-electron chi connectivity index (χ2n) is 7.48. The molecule has 25 heavy (non-hydrogen) atoms. The van der Waals surface area contributed by atoms with Gasteiger partial charge in [-0.2, -0.15) is 4.31 Å². The summed E-state index contributed by atoms with van der Waals surface area (Å²) in [4.78, 5) is 2.82. The third kappa shape index (κ3) is 3.77. The molecule has 2 heterocycles. The smallest absolute Gasteiger partial charge is 0.243 e. The van der Waals surface area contributed by atoms with Crippen molar-refractivity contribution in [2.45, 2.75) is 49.5 Å². The van der Waals surface area contributed by atoms with Crippen LogP contribution in [0, 0.1) is 0 Å². The van der Waals surface area contributed by atoms with Crippen molar-refractivity contribution in [3.63, 3.8) is 0 Å². The first-order valence-electron chi connectivity index (χ1n) is 9.59. The highest BCUT2D eigenvalue weighted by Gasteiger charge is 2.30. The van der Waals surface area contributed by atoms with Crippen molar-refractivity contribution < 1.29 is 13.2 Å². The molecule has 0 saturated carbocycles. The van der Waals surface area contributed by atoms with Gasteiger partial charge in [0.15, 0.2) is 0 Å². The Morgan fingerprint density at radius 2 is 1.80 bits per heavy atom. The lowest BCUT2D eigenvalue weighted by molar-refractivity contribution is -0.0103. The molecule has 0 bridgehead atoms. The molecule has 3 aliphatic rings. The maximum absolute atomic E-state index is 13.0. The predicted octanol–water partition coefficient (Wildman–Crippen LogP) is 2.05. The zero-order valence-corrected chi connectivity index (χ0v) is 15.6. The number of piperazine rings is 1. The molecule has 0 aromatic heterocycles. The molecule has 0 N–H and O–H groups in total. The quantitative estimate of drug-likeness (QED) is 0.821. The van der Waals surface area contributed by atoms with E-state index in [2.05, 4.69) is 4.90 Å². The molecule has 1 aliphatic carbocycles. The lowest BCUT2D eigenvalue weighted by Gasteiger charge is -2.36. The summed E-state index contributed by atoms with van der Waals surface area (Å²) < 4.78 is 33.4. The van der Waals surface area contributed by atoms with Gasteiger partial charge in [0.2, 0.25) is 10.0 Å². The van der Waals surface area contributed by atoms with Crippen LogP contribution >= 0.6 is 0 Å². The van der Waals surface area contributed by atoms with Gasteiger partial charge in [-0.05, 0) is 61.8 Å². The number of nitrogens with zero attached hydrogens (tertiary/aromatic N) is 2. The van der Waals surface area contributed by atoms with E-state index >= 15 is 0 Å². The first kappa shape index (κ1) is 17.5. The van der Waals surface area contributed by atoms with Crippen molar-refractivity contribution in [1.29, 1.82) is 0 Å².